The molecule has 2 atom stereocenters. The van der Waals surface area contributed by atoms with Crippen molar-refractivity contribution in [1.82, 2.24) is 0 Å². The van der Waals surface area contributed by atoms with E-state index < -0.39 is 0 Å². The molecule has 0 heterocycles. The van der Waals surface area contributed by atoms with Gasteiger partial charge in [0, 0.05) is 6.92 Å². The van der Waals surface area contributed by atoms with E-state index in [0.717, 1.165) is 25.7 Å². The number of hydrogen-bond acceptors (Lipinski definition) is 4. The highest BCUT2D eigenvalue weighted by Gasteiger charge is 2.23. The van der Waals surface area contributed by atoms with Crippen LogP contribution in [0.15, 0.2) is 12.2 Å². The van der Waals surface area contributed by atoms with E-state index in [4.69, 9.17) is 9.47 Å². The minimum atomic E-state index is -0.368. The van der Waals surface area contributed by atoms with Crippen molar-refractivity contribution in [2.75, 3.05) is 6.61 Å². The van der Waals surface area contributed by atoms with Crippen molar-refractivity contribution in [1.29, 1.82) is 0 Å². The first-order chi connectivity index (χ1) is 8.09. The molecule has 0 aliphatic heterocycles. The van der Waals surface area contributed by atoms with Gasteiger partial charge in [0.25, 0.3) is 0 Å². The summed E-state index contributed by atoms with van der Waals surface area (Å²) in [4.78, 5) is 21.9. The molecule has 96 valence electrons. The standard InChI is InChI=1S/C13H20O4/c1-10(14)9-16-12-7-5-3-4-6-8-13(12)17-11(2)15/h6,8,12-13H,3-5,7,9H2,1-2H3/b8-6+. The fourth-order valence-electron chi connectivity index (χ4n) is 1.84. The largest absolute Gasteiger partial charge is 0.456 e. The van der Waals surface area contributed by atoms with E-state index in [0.29, 0.717) is 0 Å². The van der Waals surface area contributed by atoms with Crippen LogP contribution in [-0.4, -0.2) is 30.6 Å². The molecule has 2 unspecified atom stereocenters. The van der Waals surface area contributed by atoms with Crippen LogP contribution in [0, 0.1) is 0 Å². The van der Waals surface area contributed by atoms with Gasteiger partial charge in [0.2, 0.25) is 0 Å². The molecule has 0 bridgehead atoms. The van der Waals surface area contributed by atoms with Crippen LogP contribution >= 0.6 is 0 Å². The summed E-state index contributed by atoms with van der Waals surface area (Å²) in [5, 5.41) is 0. The molecule has 0 aromatic heterocycles. The van der Waals surface area contributed by atoms with E-state index in [9.17, 15) is 9.59 Å². The number of allylic oxidation sites excluding steroid dienone is 1. The van der Waals surface area contributed by atoms with Crippen LogP contribution in [0.4, 0.5) is 0 Å². The third kappa shape index (κ3) is 5.63. The summed E-state index contributed by atoms with van der Waals surface area (Å²) >= 11 is 0. The molecule has 0 radical (unpaired) electrons. The number of esters is 1. The zero-order valence-corrected chi connectivity index (χ0v) is 10.5. The van der Waals surface area contributed by atoms with E-state index in [-0.39, 0.29) is 30.6 Å². The quantitative estimate of drug-likeness (QED) is 0.557. The summed E-state index contributed by atoms with van der Waals surface area (Å²) in [6.45, 7) is 2.95. The van der Waals surface area contributed by atoms with E-state index >= 15 is 0 Å². The molecule has 1 aliphatic rings. The van der Waals surface area contributed by atoms with Gasteiger partial charge < -0.3 is 9.47 Å². The van der Waals surface area contributed by atoms with Gasteiger partial charge >= 0.3 is 5.97 Å². The Morgan fingerprint density at radius 1 is 1.29 bits per heavy atom. The lowest BCUT2D eigenvalue weighted by Crippen LogP contribution is -2.33. The smallest absolute Gasteiger partial charge is 0.303 e. The lowest BCUT2D eigenvalue weighted by atomic mass is 10.0. The lowest BCUT2D eigenvalue weighted by Gasteiger charge is -2.25. The van der Waals surface area contributed by atoms with Gasteiger partial charge in [-0.05, 0) is 32.3 Å². The fraction of sp³-hybridized carbons (Fsp3) is 0.692. The van der Waals surface area contributed by atoms with Crippen LogP contribution in [0.2, 0.25) is 0 Å². The number of carbonyl (C=O) groups is 2. The second-order valence-corrected chi connectivity index (χ2v) is 4.34. The molecular weight excluding hydrogens is 220 g/mol. The maximum Gasteiger partial charge on any atom is 0.303 e. The van der Waals surface area contributed by atoms with Gasteiger partial charge in [-0.25, -0.2) is 0 Å². The average Bonchev–Trinajstić information content (AvgIpc) is 2.20. The molecule has 4 nitrogen and oxygen atoms in total. The highest BCUT2D eigenvalue weighted by atomic mass is 16.6. The normalized spacial score (nSPS) is 26.7. The van der Waals surface area contributed by atoms with Crippen LogP contribution in [0.5, 0.6) is 0 Å². The predicted octanol–water partition coefficient (Wildman–Crippen LogP) is 2.02. The van der Waals surface area contributed by atoms with Gasteiger partial charge in [-0.3, -0.25) is 9.59 Å². The van der Waals surface area contributed by atoms with E-state index in [2.05, 4.69) is 0 Å². The van der Waals surface area contributed by atoms with Crippen molar-refractivity contribution in [3.05, 3.63) is 12.2 Å². The zero-order chi connectivity index (χ0) is 12.7. The molecule has 0 spiro atoms. The zero-order valence-electron chi connectivity index (χ0n) is 10.5. The van der Waals surface area contributed by atoms with Gasteiger partial charge in [-0.1, -0.05) is 12.5 Å². The molecule has 0 saturated carbocycles. The van der Waals surface area contributed by atoms with Crippen LogP contribution < -0.4 is 0 Å². The Morgan fingerprint density at radius 2 is 2.06 bits per heavy atom. The predicted molar refractivity (Wildman–Crippen MR) is 63.6 cm³/mol. The molecule has 1 aliphatic carbocycles. The SMILES string of the molecule is CC(=O)COC1CCCC/C=C/C1OC(C)=O. The molecule has 0 fully saturated rings. The molecule has 0 aromatic rings. The Hall–Kier alpha value is -1.16. The summed E-state index contributed by atoms with van der Waals surface area (Å²) in [7, 11) is 0. The Morgan fingerprint density at radius 3 is 2.71 bits per heavy atom. The highest BCUT2D eigenvalue weighted by Crippen LogP contribution is 2.18. The van der Waals surface area contributed by atoms with Crippen molar-refractivity contribution in [2.24, 2.45) is 0 Å². The topological polar surface area (TPSA) is 52.6 Å². The summed E-state index contributed by atoms with van der Waals surface area (Å²) in [6, 6.07) is 0. The summed E-state index contributed by atoms with van der Waals surface area (Å²) in [5.74, 6) is -0.339. The average molecular weight is 240 g/mol. The lowest BCUT2D eigenvalue weighted by molar-refractivity contribution is -0.152. The molecule has 0 saturated heterocycles. The Labute approximate surface area is 102 Å². The second-order valence-electron chi connectivity index (χ2n) is 4.34. The number of carbonyl (C=O) groups excluding carboxylic acids is 2. The van der Waals surface area contributed by atoms with Crippen LogP contribution in [0.3, 0.4) is 0 Å². The van der Waals surface area contributed by atoms with Crippen molar-refractivity contribution in [2.45, 2.75) is 51.7 Å². The second kappa shape index (κ2) is 7.22. The first-order valence-corrected chi connectivity index (χ1v) is 6.04. The maximum atomic E-state index is 11.0. The first kappa shape index (κ1) is 13.9. The molecule has 0 amide bonds. The third-order valence-corrected chi connectivity index (χ3v) is 2.60. The Bertz CT molecular complexity index is 296. The number of ether oxygens (including phenoxy) is 2. The monoisotopic (exact) mass is 240 g/mol. The summed E-state index contributed by atoms with van der Waals surface area (Å²) in [5.41, 5.74) is 0. The van der Waals surface area contributed by atoms with E-state index in [1.165, 1.54) is 13.8 Å². The van der Waals surface area contributed by atoms with Crippen LogP contribution in [0.1, 0.15) is 39.5 Å². The summed E-state index contributed by atoms with van der Waals surface area (Å²) in [6.07, 6.45) is 7.23. The fourth-order valence-corrected chi connectivity index (χ4v) is 1.84. The first-order valence-electron chi connectivity index (χ1n) is 6.04. The summed E-state index contributed by atoms with van der Waals surface area (Å²) < 4.78 is 10.7. The van der Waals surface area contributed by atoms with Crippen molar-refractivity contribution in [3.63, 3.8) is 0 Å². The van der Waals surface area contributed by atoms with Crippen molar-refractivity contribution < 1.29 is 19.1 Å². The third-order valence-electron chi connectivity index (χ3n) is 2.60. The van der Waals surface area contributed by atoms with Gasteiger partial charge in [0.1, 0.15) is 12.7 Å². The number of ketones is 1. The van der Waals surface area contributed by atoms with Crippen LogP contribution in [-0.2, 0) is 19.1 Å². The van der Waals surface area contributed by atoms with E-state index in [1.807, 2.05) is 12.2 Å². The minimum absolute atomic E-state index is 0.0161. The molecule has 1 rings (SSSR count). The minimum Gasteiger partial charge on any atom is -0.456 e. The van der Waals surface area contributed by atoms with Gasteiger partial charge in [0.05, 0.1) is 6.10 Å². The van der Waals surface area contributed by atoms with Gasteiger partial charge in [-0.2, -0.15) is 0 Å². The molecular formula is C13H20O4. The van der Waals surface area contributed by atoms with Crippen LogP contribution in [0.25, 0.3) is 0 Å². The molecule has 4 heteroatoms. The highest BCUT2D eigenvalue weighted by molar-refractivity contribution is 5.76. The Kier molecular flexibility index (Phi) is 5.91. The number of Topliss-reactive ketones (excluding diaryl/α,β-unsaturated/α-hetero) is 1. The molecule has 0 N–H and O–H groups in total. The number of hydrogen-bond donors (Lipinski definition) is 0. The van der Waals surface area contributed by atoms with Crippen molar-refractivity contribution >= 4 is 11.8 Å². The maximum absolute atomic E-state index is 11.0. The Balaban J connectivity index is 2.62. The molecule has 17 heavy (non-hydrogen) atoms. The van der Waals surface area contributed by atoms with E-state index in [1.54, 1.807) is 0 Å². The molecule has 0 aromatic carbocycles. The van der Waals surface area contributed by atoms with Crippen molar-refractivity contribution in [3.8, 4) is 0 Å². The number of rotatable bonds is 4. The van der Waals surface area contributed by atoms with Gasteiger partial charge in [-0.15, -0.1) is 0 Å². The van der Waals surface area contributed by atoms with Gasteiger partial charge in [0.15, 0.2) is 5.78 Å².